The van der Waals surface area contributed by atoms with E-state index >= 15 is 0 Å². The number of carbonyl (C=O) groups excluding carboxylic acids is 1. The molecule has 1 aliphatic rings. The van der Waals surface area contributed by atoms with Gasteiger partial charge in [0.2, 0.25) is 0 Å². The van der Waals surface area contributed by atoms with Crippen LogP contribution < -0.4 is 5.32 Å². The van der Waals surface area contributed by atoms with Crippen LogP contribution >= 0.6 is 22.9 Å². The van der Waals surface area contributed by atoms with Crippen molar-refractivity contribution < 1.29 is 9.53 Å². The van der Waals surface area contributed by atoms with E-state index in [1.165, 1.54) is 11.3 Å². The van der Waals surface area contributed by atoms with Crippen molar-refractivity contribution in [3.05, 3.63) is 39.6 Å². The van der Waals surface area contributed by atoms with Crippen LogP contribution in [0.2, 0.25) is 4.34 Å². The number of hydrogen-bond donors (Lipinski definition) is 1. The Balaban J connectivity index is 1.64. The summed E-state index contributed by atoms with van der Waals surface area (Å²) in [6.07, 6.45) is 5.12. The molecule has 3 heterocycles. The van der Waals surface area contributed by atoms with Crippen LogP contribution in [0.4, 0.5) is 0 Å². The Morgan fingerprint density at radius 2 is 2.43 bits per heavy atom. The van der Waals surface area contributed by atoms with Crippen molar-refractivity contribution >= 4 is 28.8 Å². The SMILES string of the molecule is Cn1cncc1C1CC(NC(=O)c2ccc(Cl)s2)CCO1. The number of amides is 1. The van der Waals surface area contributed by atoms with Gasteiger partial charge in [-0.25, -0.2) is 4.98 Å². The average Bonchev–Trinajstić information content (AvgIpc) is 3.08. The van der Waals surface area contributed by atoms with Crippen molar-refractivity contribution in [3.8, 4) is 0 Å². The minimum atomic E-state index is -0.0671. The molecule has 1 aliphatic heterocycles. The summed E-state index contributed by atoms with van der Waals surface area (Å²) in [5.74, 6) is -0.0671. The van der Waals surface area contributed by atoms with E-state index in [-0.39, 0.29) is 18.1 Å². The molecule has 21 heavy (non-hydrogen) atoms. The molecular weight excluding hydrogens is 310 g/mol. The van der Waals surface area contributed by atoms with Gasteiger partial charge in [-0.05, 0) is 25.0 Å². The Hall–Kier alpha value is -1.37. The topological polar surface area (TPSA) is 56.2 Å². The van der Waals surface area contributed by atoms with Crippen LogP contribution in [-0.2, 0) is 11.8 Å². The highest BCUT2D eigenvalue weighted by Crippen LogP contribution is 2.28. The van der Waals surface area contributed by atoms with Crippen molar-refractivity contribution in [1.82, 2.24) is 14.9 Å². The van der Waals surface area contributed by atoms with E-state index in [0.717, 1.165) is 18.5 Å². The fraction of sp³-hybridized carbons (Fsp3) is 0.429. The predicted octanol–water partition coefficient (Wildman–Crippen LogP) is 2.79. The van der Waals surface area contributed by atoms with E-state index in [4.69, 9.17) is 16.3 Å². The van der Waals surface area contributed by atoms with Gasteiger partial charge in [-0.15, -0.1) is 11.3 Å². The van der Waals surface area contributed by atoms with Crippen molar-refractivity contribution in [3.63, 3.8) is 0 Å². The van der Waals surface area contributed by atoms with Crippen molar-refractivity contribution in [2.24, 2.45) is 7.05 Å². The number of ether oxygens (including phenoxy) is 1. The highest BCUT2D eigenvalue weighted by atomic mass is 35.5. The second kappa shape index (κ2) is 6.17. The molecule has 2 unspecified atom stereocenters. The number of hydrogen-bond acceptors (Lipinski definition) is 4. The number of imidazole rings is 1. The summed E-state index contributed by atoms with van der Waals surface area (Å²) in [4.78, 5) is 16.9. The molecule has 3 rings (SSSR count). The quantitative estimate of drug-likeness (QED) is 0.944. The normalized spacial score (nSPS) is 22.2. The Morgan fingerprint density at radius 1 is 1.57 bits per heavy atom. The molecule has 0 saturated carbocycles. The van der Waals surface area contributed by atoms with Crippen LogP contribution in [0.5, 0.6) is 0 Å². The third-order valence-corrected chi connectivity index (χ3v) is 4.83. The third-order valence-electron chi connectivity index (χ3n) is 3.60. The number of aryl methyl sites for hydroxylation is 1. The van der Waals surface area contributed by atoms with Gasteiger partial charge in [-0.2, -0.15) is 0 Å². The van der Waals surface area contributed by atoms with Crippen molar-refractivity contribution in [1.29, 1.82) is 0 Å². The molecule has 5 nitrogen and oxygen atoms in total. The molecule has 2 aromatic rings. The smallest absolute Gasteiger partial charge is 0.261 e. The fourth-order valence-corrected chi connectivity index (χ4v) is 3.45. The van der Waals surface area contributed by atoms with Crippen LogP contribution in [0.1, 0.15) is 34.3 Å². The maximum atomic E-state index is 12.2. The molecule has 0 spiro atoms. The molecule has 2 atom stereocenters. The van der Waals surface area contributed by atoms with Gasteiger partial charge in [0, 0.05) is 19.7 Å². The van der Waals surface area contributed by atoms with Crippen molar-refractivity contribution in [2.75, 3.05) is 6.61 Å². The minimum Gasteiger partial charge on any atom is -0.372 e. The Morgan fingerprint density at radius 3 is 3.10 bits per heavy atom. The highest BCUT2D eigenvalue weighted by molar-refractivity contribution is 7.17. The first-order valence-electron chi connectivity index (χ1n) is 6.77. The molecule has 0 aromatic carbocycles. The van der Waals surface area contributed by atoms with E-state index in [2.05, 4.69) is 10.3 Å². The highest BCUT2D eigenvalue weighted by Gasteiger charge is 2.27. The minimum absolute atomic E-state index is 0.0246. The number of aromatic nitrogens is 2. The lowest BCUT2D eigenvalue weighted by Crippen LogP contribution is -2.39. The summed E-state index contributed by atoms with van der Waals surface area (Å²) in [6.45, 7) is 0.631. The van der Waals surface area contributed by atoms with Crippen LogP contribution in [0.25, 0.3) is 0 Å². The van der Waals surface area contributed by atoms with Crippen LogP contribution in [-0.4, -0.2) is 28.1 Å². The predicted molar refractivity (Wildman–Crippen MR) is 81.7 cm³/mol. The maximum absolute atomic E-state index is 12.2. The Bertz CT molecular complexity index is 640. The molecule has 1 saturated heterocycles. The van der Waals surface area contributed by atoms with Gasteiger partial charge in [-0.1, -0.05) is 11.6 Å². The Kier molecular flexibility index (Phi) is 4.28. The summed E-state index contributed by atoms with van der Waals surface area (Å²) in [7, 11) is 1.95. The average molecular weight is 326 g/mol. The number of nitrogens with zero attached hydrogens (tertiary/aromatic N) is 2. The lowest BCUT2D eigenvalue weighted by Gasteiger charge is -2.30. The second-order valence-electron chi connectivity index (χ2n) is 5.09. The van der Waals surface area contributed by atoms with E-state index in [0.29, 0.717) is 15.8 Å². The molecule has 0 radical (unpaired) electrons. The van der Waals surface area contributed by atoms with Gasteiger partial charge in [-0.3, -0.25) is 4.79 Å². The zero-order valence-electron chi connectivity index (χ0n) is 11.6. The van der Waals surface area contributed by atoms with Gasteiger partial charge in [0.25, 0.3) is 5.91 Å². The second-order valence-corrected chi connectivity index (χ2v) is 6.80. The number of rotatable bonds is 3. The monoisotopic (exact) mass is 325 g/mol. The molecule has 112 valence electrons. The number of halogens is 1. The number of carbonyl (C=O) groups is 1. The van der Waals surface area contributed by atoms with Gasteiger partial charge < -0.3 is 14.6 Å². The van der Waals surface area contributed by atoms with Crippen LogP contribution in [0, 0.1) is 0 Å². The summed E-state index contributed by atoms with van der Waals surface area (Å²) < 4.78 is 8.37. The molecule has 7 heteroatoms. The standard InChI is InChI=1S/C14H16ClN3O2S/c1-18-8-16-7-10(18)11-6-9(4-5-20-11)17-14(19)12-2-3-13(15)21-12/h2-3,7-9,11H,4-6H2,1H3,(H,17,19). The first kappa shape index (κ1) is 14.6. The third kappa shape index (κ3) is 3.28. The van der Waals surface area contributed by atoms with Gasteiger partial charge in [0.05, 0.1) is 27.4 Å². The van der Waals surface area contributed by atoms with Crippen LogP contribution in [0.15, 0.2) is 24.7 Å². The largest absolute Gasteiger partial charge is 0.372 e. The zero-order chi connectivity index (χ0) is 14.8. The first-order valence-corrected chi connectivity index (χ1v) is 7.97. The summed E-state index contributed by atoms with van der Waals surface area (Å²) in [5, 5.41) is 3.06. The molecular formula is C14H16ClN3O2S. The summed E-state index contributed by atoms with van der Waals surface area (Å²) >= 11 is 7.16. The van der Waals surface area contributed by atoms with Gasteiger partial charge in [0.15, 0.2) is 0 Å². The van der Waals surface area contributed by atoms with E-state index in [1.54, 1.807) is 18.5 Å². The van der Waals surface area contributed by atoms with E-state index in [1.807, 2.05) is 17.8 Å². The molecule has 2 aromatic heterocycles. The lowest BCUT2D eigenvalue weighted by molar-refractivity contribution is -0.00298. The molecule has 1 amide bonds. The molecule has 0 bridgehead atoms. The summed E-state index contributed by atoms with van der Waals surface area (Å²) in [6, 6.07) is 3.59. The molecule has 0 aliphatic carbocycles. The summed E-state index contributed by atoms with van der Waals surface area (Å²) in [5.41, 5.74) is 1.04. The molecule has 1 N–H and O–H groups in total. The maximum Gasteiger partial charge on any atom is 0.261 e. The fourth-order valence-electron chi connectivity index (χ4n) is 2.50. The lowest BCUT2D eigenvalue weighted by atomic mass is 10.0. The van der Waals surface area contributed by atoms with Gasteiger partial charge in [0.1, 0.15) is 6.10 Å². The van der Waals surface area contributed by atoms with Crippen molar-refractivity contribution in [2.45, 2.75) is 25.0 Å². The van der Waals surface area contributed by atoms with E-state index in [9.17, 15) is 4.79 Å². The van der Waals surface area contributed by atoms with Crippen LogP contribution in [0.3, 0.4) is 0 Å². The zero-order valence-corrected chi connectivity index (χ0v) is 13.2. The van der Waals surface area contributed by atoms with Gasteiger partial charge >= 0.3 is 0 Å². The van der Waals surface area contributed by atoms with E-state index < -0.39 is 0 Å². The first-order chi connectivity index (χ1) is 10.1. The number of thiophene rings is 1. The Labute approximate surface area is 131 Å². The number of nitrogens with one attached hydrogen (secondary N) is 1. The molecule has 1 fully saturated rings.